The van der Waals surface area contributed by atoms with E-state index in [2.05, 4.69) is 25.9 Å². The Morgan fingerprint density at radius 3 is 2.71 bits per heavy atom. The van der Waals surface area contributed by atoms with Crippen LogP contribution < -0.4 is 16.0 Å². The van der Waals surface area contributed by atoms with E-state index in [1.807, 2.05) is 12.1 Å². The largest absolute Gasteiger partial charge is 0.394 e. The van der Waals surface area contributed by atoms with Gasteiger partial charge in [0.05, 0.1) is 35.6 Å². The molecule has 2 aromatic heterocycles. The van der Waals surface area contributed by atoms with Crippen LogP contribution in [0.25, 0.3) is 27.9 Å². The molecule has 10 heteroatoms. The van der Waals surface area contributed by atoms with Crippen LogP contribution in [-0.4, -0.2) is 56.9 Å². The summed E-state index contributed by atoms with van der Waals surface area (Å²) in [5.41, 5.74) is 3.63. The van der Waals surface area contributed by atoms with Gasteiger partial charge >= 0.3 is 6.03 Å². The van der Waals surface area contributed by atoms with Crippen molar-refractivity contribution in [2.24, 2.45) is 0 Å². The van der Waals surface area contributed by atoms with Gasteiger partial charge in [0, 0.05) is 30.9 Å². The average molecular weight is 424 g/mol. The summed E-state index contributed by atoms with van der Waals surface area (Å²) in [6.07, 6.45) is 0.691. The molecule has 5 N–H and O–H groups in total. The van der Waals surface area contributed by atoms with Gasteiger partial charge in [0.25, 0.3) is 0 Å². The summed E-state index contributed by atoms with van der Waals surface area (Å²) in [5, 5.41) is 26.9. The Bertz CT molecular complexity index is 1240. The predicted molar refractivity (Wildman–Crippen MR) is 116 cm³/mol. The van der Waals surface area contributed by atoms with Crippen LogP contribution in [-0.2, 0) is 0 Å². The molecule has 4 aromatic rings. The summed E-state index contributed by atoms with van der Waals surface area (Å²) in [5.74, 6) is -0.00690. The number of benzene rings is 2. The first-order valence-corrected chi connectivity index (χ1v) is 9.59. The van der Waals surface area contributed by atoms with Gasteiger partial charge in [-0.3, -0.25) is 4.40 Å². The second kappa shape index (κ2) is 8.54. The summed E-state index contributed by atoms with van der Waals surface area (Å²) < 4.78 is 15.8. The number of hydrogen-bond acceptors (Lipinski definition) is 6. The first-order chi connectivity index (χ1) is 15.0. The van der Waals surface area contributed by atoms with Crippen LogP contribution in [0, 0.1) is 5.82 Å². The number of halogens is 1. The first kappa shape index (κ1) is 20.5. The molecule has 0 saturated carbocycles. The molecule has 0 aliphatic heterocycles. The zero-order valence-corrected chi connectivity index (χ0v) is 16.6. The van der Waals surface area contributed by atoms with Gasteiger partial charge in [-0.15, -0.1) is 0 Å². The zero-order valence-electron chi connectivity index (χ0n) is 16.6. The molecule has 9 nitrogen and oxygen atoms in total. The number of urea groups is 1. The third-order valence-corrected chi connectivity index (χ3v) is 4.77. The van der Waals surface area contributed by atoms with E-state index < -0.39 is 18.5 Å². The minimum absolute atomic E-state index is 0.0773. The van der Waals surface area contributed by atoms with Crippen LogP contribution in [0.5, 0.6) is 0 Å². The lowest BCUT2D eigenvalue weighted by Gasteiger charge is -2.13. The van der Waals surface area contributed by atoms with Gasteiger partial charge in [-0.05, 0) is 24.3 Å². The van der Waals surface area contributed by atoms with Crippen LogP contribution in [0.15, 0.2) is 48.7 Å². The molecule has 160 valence electrons. The van der Waals surface area contributed by atoms with Gasteiger partial charge in [-0.2, -0.15) is 0 Å². The maximum atomic E-state index is 14.0. The van der Waals surface area contributed by atoms with Crippen molar-refractivity contribution in [1.82, 2.24) is 19.7 Å². The topological polar surface area (TPSA) is 124 Å². The third kappa shape index (κ3) is 4.11. The SMILES string of the molecule is CNC(=O)Nc1ccc(-c2cnc3c(NC[C@@H](O)CO)nc4ccc(F)cc4n23)cc1. The number of nitrogens with zero attached hydrogens (tertiary/aromatic N) is 3. The summed E-state index contributed by atoms with van der Waals surface area (Å²) in [7, 11) is 1.53. The maximum Gasteiger partial charge on any atom is 0.318 e. The molecule has 0 fully saturated rings. The van der Waals surface area contributed by atoms with Crippen molar-refractivity contribution >= 4 is 34.2 Å². The number of imidazole rings is 1. The summed E-state index contributed by atoms with van der Waals surface area (Å²) in [6, 6.07) is 11.1. The number of rotatable bonds is 6. The molecule has 0 aliphatic rings. The molecule has 2 heterocycles. The fraction of sp³-hybridized carbons (Fsp3) is 0.190. The molecule has 0 aliphatic carbocycles. The van der Waals surface area contributed by atoms with Crippen LogP contribution in [0.3, 0.4) is 0 Å². The van der Waals surface area contributed by atoms with Crippen molar-refractivity contribution in [3.63, 3.8) is 0 Å². The number of aliphatic hydroxyl groups is 2. The van der Waals surface area contributed by atoms with Gasteiger partial charge in [-0.1, -0.05) is 12.1 Å². The Morgan fingerprint density at radius 2 is 2.00 bits per heavy atom. The molecular formula is C21H21FN6O3. The number of carbonyl (C=O) groups excluding carboxylic acids is 1. The highest BCUT2D eigenvalue weighted by Gasteiger charge is 2.16. The smallest absolute Gasteiger partial charge is 0.318 e. The number of nitrogens with one attached hydrogen (secondary N) is 3. The Labute approximate surface area is 176 Å². The van der Waals surface area contributed by atoms with E-state index >= 15 is 0 Å². The van der Waals surface area contributed by atoms with E-state index in [9.17, 15) is 14.3 Å². The lowest BCUT2D eigenvalue weighted by Crippen LogP contribution is -2.24. The molecule has 0 saturated heterocycles. The number of carbonyl (C=O) groups is 1. The van der Waals surface area contributed by atoms with Crippen LogP contribution in [0.2, 0.25) is 0 Å². The van der Waals surface area contributed by atoms with E-state index in [-0.39, 0.29) is 12.6 Å². The highest BCUT2D eigenvalue weighted by molar-refractivity contribution is 5.90. The fourth-order valence-corrected chi connectivity index (χ4v) is 3.22. The molecule has 0 radical (unpaired) electrons. The van der Waals surface area contributed by atoms with Crippen molar-refractivity contribution in [1.29, 1.82) is 0 Å². The Hall–Kier alpha value is -3.76. The van der Waals surface area contributed by atoms with Gasteiger partial charge in [0.15, 0.2) is 11.5 Å². The minimum Gasteiger partial charge on any atom is -0.394 e. The summed E-state index contributed by atoms with van der Waals surface area (Å²) >= 11 is 0. The monoisotopic (exact) mass is 424 g/mol. The van der Waals surface area contributed by atoms with Crippen molar-refractivity contribution in [3.05, 3.63) is 54.5 Å². The van der Waals surface area contributed by atoms with Crippen LogP contribution >= 0.6 is 0 Å². The van der Waals surface area contributed by atoms with Crippen molar-refractivity contribution in [2.45, 2.75) is 6.10 Å². The number of fused-ring (bicyclic) bond motifs is 3. The van der Waals surface area contributed by atoms with Crippen molar-refractivity contribution in [3.8, 4) is 11.3 Å². The van der Waals surface area contributed by atoms with Crippen molar-refractivity contribution < 1.29 is 19.4 Å². The average Bonchev–Trinajstić information content (AvgIpc) is 3.23. The highest BCUT2D eigenvalue weighted by Crippen LogP contribution is 2.29. The molecule has 31 heavy (non-hydrogen) atoms. The number of aromatic nitrogens is 3. The minimum atomic E-state index is -0.958. The predicted octanol–water partition coefficient (Wildman–Crippen LogP) is 2.21. The van der Waals surface area contributed by atoms with Gasteiger partial charge in [0.1, 0.15) is 5.82 Å². The van der Waals surface area contributed by atoms with E-state index in [1.54, 1.807) is 28.8 Å². The van der Waals surface area contributed by atoms with Crippen LogP contribution in [0.4, 0.5) is 20.7 Å². The lowest BCUT2D eigenvalue weighted by atomic mass is 10.1. The summed E-state index contributed by atoms with van der Waals surface area (Å²) in [4.78, 5) is 20.5. The first-order valence-electron chi connectivity index (χ1n) is 9.59. The summed E-state index contributed by atoms with van der Waals surface area (Å²) in [6.45, 7) is -0.313. The van der Waals surface area contributed by atoms with E-state index in [0.717, 1.165) is 5.56 Å². The Balaban J connectivity index is 1.82. The molecular weight excluding hydrogens is 403 g/mol. The number of amides is 2. The fourth-order valence-electron chi connectivity index (χ4n) is 3.22. The van der Waals surface area contributed by atoms with Crippen LogP contribution in [0.1, 0.15) is 0 Å². The second-order valence-corrected chi connectivity index (χ2v) is 6.89. The molecule has 1 atom stereocenters. The normalized spacial score (nSPS) is 12.1. The highest BCUT2D eigenvalue weighted by atomic mass is 19.1. The van der Waals surface area contributed by atoms with Gasteiger partial charge in [-0.25, -0.2) is 19.2 Å². The molecule has 2 aromatic carbocycles. The van der Waals surface area contributed by atoms with Crippen molar-refractivity contribution in [2.75, 3.05) is 30.8 Å². The Morgan fingerprint density at radius 1 is 1.23 bits per heavy atom. The maximum absolute atomic E-state index is 14.0. The quantitative estimate of drug-likeness (QED) is 0.323. The number of anilines is 2. The number of aliphatic hydroxyl groups excluding tert-OH is 2. The molecule has 2 amide bonds. The van der Waals surface area contributed by atoms with E-state index in [4.69, 9.17) is 5.11 Å². The van der Waals surface area contributed by atoms with E-state index in [0.29, 0.717) is 33.9 Å². The lowest BCUT2D eigenvalue weighted by molar-refractivity contribution is 0.105. The number of hydrogen-bond donors (Lipinski definition) is 5. The van der Waals surface area contributed by atoms with E-state index in [1.165, 1.54) is 19.2 Å². The van der Waals surface area contributed by atoms with Gasteiger partial charge in [0.2, 0.25) is 0 Å². The second-order valence-electron chi connectivity index (χ2n) is 6.89. The molecule has 0 bridgehead atoms. The standard InChI is InChI=1S/C21H21FN6O3/c1-23-21(31)26-14-5-2-12(3-6-14)18-10-25-20-19(24-9-15(30)11-29)27-16-7-4-13(22)8-17(16)28(18)20/h2-8,10,15,29-30H,9,11H2,1H3,(H,24,27)(H2,23,26,31)/t15-/m1/s1. The van der Waals surface area contributed by atoms with Gasteiger partial charge < -0.3 is 26.2 Å². The molecule has 4 rings (SSSR count). The Kier molecular flexibility index (Phi) is 5.65. The third-order valence-electron chi connectivity index (χ3n) is 4.77. The molecule has 0 unspecified atom stereocenters. The molecule has 0 spiro atoms. The zero-order chi connectivity index (χ0) is 22.0.